The summed E-state index contributed by atoms with van der Waals surface area (Å²) >= 11 is 2.79. The van der Waals surface area contributed by atoms with Crippen LogP contribution in [-0.2, 0) is 5.41 Å². The number of hydrogen-bond acceptors (Lipinski definition) is 5. The van der Waals surface area contributed by atoms with Crippen LogP contribution in [0.5, 0.6) is 5.75 Å². The molecule has 0 unspecified atom stereocenters. The number of ether oxygens (including phenoxy) is 1. The number of thiophene rings is 1. The standard InChI is InChI=1S/C13H16N2O2S2/c1-13(2,3)9-7-19-12(14-9)15-11(16)10-8(17-4)5-6-18-10/h5-7H,1-4H3,(H,14,15,16). The van der Waals surface area contributed by atoms with Gasteiger partial charge in [-0.15, -0.1) is 22.7 Å². The van der Waals surface area contributed by atoms with Crippen molar-refractivity contribution in [1.29, 1.82) is 0 Å². The van der Waals surface area contributed by atoms with Crippen LogP contribution in [0.2, 0.25) is 0 Å². The number of nitrogens with one attached hydrogen (secondary N) is 1. The lowest BCUT2D eigenvalue weighted by atomic mass is 9.93. The van der Waals surface area contributed by atoms with Gasteiger partial charge in [-0.1, -0.05) is 20.8 Å². The van der Waals surface area contributed by atoms with Crippen molar-refractivity contribution in [3.8, 4) is 5.75 Å². The first-order valence-corrected chi connectivity index (χ1v) is 7.56. The van der Waals surface area contributed by atoms with E-state index in [4.69, 9.17) is 4.74 Å². The van der Waals surface area contributed by atoms with Gasteiger partial charge in [0.05, 0.1) is 12.8 Å². The van der Waals surface area contributed by atoms with Crippen molar-refractivity contribution in [2.45, 2.75) is 26.2 Å². The Morgan fingerprint density at radius 3 is 2.68 bits per heavy atom. The quantitative estimate of drug-likeness (QED) is 0.938. The van der Waals surface area contributed by atoms with Gasteiger partial charge in [0.1, 0.15) is 10.6 Å². The number of aromatic nitrogens is 1. The van der Waals surface area contributed by atoms with Crippen LogP contribution in [0.1, 0.15) is 36.1 Å². The van der Waals surface area contributed by atoms with Crippen molar-refractivity contribution in [1.82, 2.24) is 4.98 Å². The number of rotatable bonds is 3. The molecule has 1 amide bonds. The van der Waals surface area contributed by atoms with E-state index in [9.17, 15) is 4.79 Å². The summed E-state index contributed by atoms with van der Waals surface area (Å²) in [4.78, 5) is 17.1. The topological polar surface area (TPSA) is 51.2 Å². The first-order valence-electron chi connectivity index (χ1n) is 5.80. The molecular weight excluding hydrogens is 280 g/mol. The number of anilines is 1. The fourth-order valence-corrected chi connectivity index (χ4v) is 3.14. The summed E-state index contributed by atoms with van der Waals surface area (Å²) in [5.74, 6) is 0.414. The smallest absolute Gasteiger partial charge is 0.271 e. The van der Waals surface area contributed by atoms with Crippen LogP contribution in [0.3, 0.4) is 0 Å². The minimum Gasteiger partial charge on any atom is -0.495 e. The van der Waals surface area contributed by atoms with Gasteiger partial charge in [0, 0.05) is 10.8 Å². The van der Waals surface area contributed by atoms with E-state index in [1.54, 1.807) is 13.2 Å². The van der Waals surface area contributed by atoms with Crippen LogP contribution in [0.15, 0.2) is 16.8 Å². The molecule has 0 aliphatic heterocycles. The molecule has 0 radical (unpaired) electrons. The Bertz CT molecular complexity index is 581. The zero-order valence-corrected chi connectivity index (χ0v) is 12.9. The van der Waals surface area contributed by atoms with Crippen molar-refractivity contribution < 1.29 is 9.53 Å². The zero-order chi connectivity index (χ0) is 14.0. The molecule has 6 heteroatoms. The molecule has 4 nitrogen and oxygen atoms in total. The highest BCUT2D eigenvalue weighted by atomic mass is 32.1. The number of carbonyl (C=O) groups excluding carboxylic acids is 1. The van der Waals surface area contributed by atoms with Crippen LogP contribution in [-0.4, -0.2) is 18.0 Å². The molecular formula is C13H16N2O2S2. The largest absolute Gasteiger partial charge is 0.495 e. The van der Waals surface area contributed by atoms with E-state index in [0.717, 1.165) is 5.69 Å². The molecule has 0 aromatic carbocycles. The van der Waals surface area contributed by atoms with E-state index in [1.165, 1.54) is 22.7 Å². The predicted octanol–water partition coefficient (Wildman–Crippen LogP) is 3.76. The highest BCUT2D eigenvalue weighted by molar-refractivity contribution is 7.14. The molecule has 2 heterocycles. The van der Waals surface area contributed by atoms with Gasteiger partial charge in [-0.05, 0) is 11.4 Å². The third-order valence-electron chi connectivity index (χ3n) is 2.55. The van der Waals surface area contributed by atoms with Crippen molar-refractivity contribution in [3.63, 3.8) is 0 Å². The van der Waals surface area contributed by atoms with E-state index in [1.807, 2.05) is 10.8 Å². The number of carbonyl (C=O) groups is 1. The molecule has 0 spiro atoms. The van der Waals surface area contributed by atoms with Crippen LogP contribution >= 0.6 is 22.7 Å². The molecule has 0 fully saturated rings. The second kappa shape index (κ2) is 5.30. The summed E-state index contributed by atoms with van der Waals surface area (Å²) < 4.78 is 5.14. The Kier molecular flexibility index (Phi) is 3.91. The molecule has 19 heavy (non-hydrogen) atoms. The van der Waals surface area contributed by atoms with E-state index in [-0.39, 0.29) is 11.3 Å². The average Bonchev–Trinajstić information content (AvgIpc) is 2.95. The molecule has 0 atom stereocenters. The van der Waals surface area contributed by atoms with Crippen molar-refractivity contribution >= 4 is 33.7 Å². The van der Waals surface area contributed by atoms with Gasteiger partial charge in [0.2, 0.25) is 0 Å². The van der Waals surface area contributed by atoms with E-state index < -0.39 is 0 Å². The van der Waals surface area contributed by atoms with Crippen molar-refractivity contribution in [2.24, 2.45) is 0 Å². The number of thiazole rings is 1. The van der Waals surface area contributed by atoms with Gasteiger partial charge >= 0.3 is 0 Å². The van der Waals surface area contributed by atoms with Gasteiger partial charge in [-0.3, -0.25) is 10.1 Å². The third-order valence-corrected chi connectivity index (χ3v) is 4.20. The first kappa shape index (κ1) is 14.0. The Balaban J connectivity index is 2.14. The minimum atomic E-state index is -0.179. The summed E-state index contributed by atoms with van der Waals surface area (Å²) in [5, 5.41) is 7.23. The first-order chi connectivity index (χ1) is 8.91. The van der Waals surface area contributed by atoms with Crippen molar-refractivity contribution in [3.05, 3.63) is 27.4 Å². The van der Waals surface area contributed by atoms with Crippen LogP contribution < -0.4 is 10.1 Å². The van der Waals surface area contributed by atoms with Crippen LogP contribution in [0, 0.1) is 0 Å². The summed E-state index contributed by atoms with van der Waals surface area (Å²) in [5.41, 5.74) is 0.964. The maximum Gasteiger partial charge on any atom is 0.271 e. The lowest BCUT2D eigenvalue weighted by Crippen LogP contribution is -2.14. The maximum absolute atomic E-state index is 12.1. The van der Waals surface area contributed by atoms with Gasteiger partial charge < -0.3 is 4.74 Å². The maximum atomic E-state index is 12.1. The second-order valence-corrected chi connectivity index (χ2v) is 6.83. The SMILES string of the molecule is COc1ccsc1C(=O)Nc1nc(C(C)(C)C)cs1. The van der Waals surface area contributed by atoms with Gasteiger partial charge in [0.25, 0.3) is 5.91 Å². The molecule has 0 bridgehead atoms. The van der Waals surface area contributed by atoms with Crippen LogP contribution in [0.25, 0.3) is 0 Å². The number of methoxy groups -OCH3 is 1. The van der Waals surface area contributed by atoms with E-state index in [2.05, 4.69) is 31.1 Å². The molecule has 0 aliphatic carbocycles. The molecule has 2 aromatic heterocycles. The normalized spacial score (nSPS) is 11.4. The molecule has 1 N–H and O–H groups in total. The summed E-state index contributed by atoms with van der Waals surface area (Å²) in [6, 6.07) is 1.78. The number of amides is 1. The monoisotopic (exact) mass is 296 g/mol. The van der Waals surface area contributed by atoms with Gasteiger partial charge in [-0.25, -0.2) is 4.98 Å². The molecule has 0 saturated carbocycles. The zero-order valence-electron chi connectivity index (χ0n) is 11.3. The predicted molar refractivity (Wildman–Crippen MR) is 79.6 cm³/mol. The third kappa shape index (κ3) is 3.13. The van der Waals surface area contributed by atoms with E-state index in [0.29, 0.717) is 15.8 Å². The number of hydrogen-bond donors (Lipinski definition) is 1. The Morgan fingerprint density at radius 1 is 1.37 bits per heavy atom. The molecule has 102 valence electrons. The van der Waals surface area contributed by atoms with Crippen molar-refractivity contribution in [2.75, 3.05) is 12.4 Å². The lowest BCUT2D eigenvalue weighted by molar-refractivity contribution is 0.102. The number of nitrogens with zero attached hydrogens (tertiary/aromatic N) is 1. The summed E-state index contributed by atoms with van der Waals surface area (Å²) in [6.07, 6.45) is 0. The lowest BCUT2D eigenvalue weighted by Gasteiger charge is -2.14. The Labute approximate surface area is 120 Å². The fourth-order valence-electron chi connectivity index (χ4n) is 1.45. The highest BCUT2D eigenvalue weighted by Gasteiger charge is 2.19. The Hall–Kier alpha value is -1.40. The van der Waals surface area contributed by atoms with Crippen LogP contribution in [0.4, 0.5) is 5.13 Å². The molecule has 0 aliphatic rings. The minimum absolute atomic E-state index is 0.0138. The second-order valence-electron chi connectivity index (χ2n) is 5.06. The average molecular weight is 296 g/mol. The fraction of sp³-hybridized carbons (Fsp3) is 0.385. The molecule has 0 saturated heterocycles. The summed E-state index contributed by atoms with van der Waals surface area (Å²) in [6.45, 7) is 6.28. The summed E-state index contributed by atoms with van der Waals surface area (Å²) in [7, 11) is 1.56. The Morgan fingerprint density at radius 2 is 2.11 bits per heavy atom. The van der Waals surface area contributed by atoms with E-state index >= 15 is 0 Å². The highest BCUT2D eigenvalue weighted by Crippen LogP contribution is 2.29. The van der Waals surface area contributed by atoms with Gasteiger partial charge in [0.15, 0.2) is 5.13 Å². The molecule has 2 rings (SSSR count). The van der Waals surface area contributed by atoms with Gasteiger partial charge in [-0.2, -0.15) is 0 Å². The molecule has 2 aromatic rings.